The van der Waals surface area contributed by atoms with E-state index < -0.39 is 13.5 Å². The lowest BCUT2D eigenvalue weighted by Crippen LogP contribution is -3.00. The van der Waals surface area contributed by atoms with Gasteiger partial charge in [-0.2, -0.15) is 4.58 Å². The van der Waals surface area contributed by atoms with Gasteiger partial charge in [0.1, 0.15) is 5.71 Å². The molecule has 570 valence electrons. The second kappa shape index (κ2) is 46.0. The Balaban J connectivity index is 0.000000358. The molecular weight excluding hydrogens is 1400 g/mol. The van der Waals surface area contributed by atoms with Crippen LogP contribution in [0.1, 0.15) is 254 Å². The van der Waals surface area contributed by atoms with Crippen LogP contribution in [0.5, 0.6) is 0 Å². The molecule has 0 bridgehead atoms. The Morgan fingerprint density at radius 2 is 0.841 bits per heavy atom. The molecule has 1 aliphatic carbocycles. The molecule has 7 nitrogen and oxygen atoms in total. The Bertz CT molecular complexity index is 3880. The summed E-state index contributed by atoms with van der Waals surface area (Å²) in [6.07, 6.45) is 42.9. The number of para-hydroxylation sites is 2. The molecule has 0 amide bonds. The first-order chi connectivity index (χ1) is 51.5. The second-order valence-corrected chi connectivity index (χ2v) is 31.2. The lowest BCUT2D eigenvalue weighted by molar-refractivity contribution is -0.0000476. The van der Waals surface area contributed by atoms with E-state index in [9.17, 15) is 22.5 Å². The van der Waals surface area contributed by atoms with Crippen molar-refractivity contribution >= 4 is 88.4 Å². The van der Waals surface area contributed by atoms with Crippen molar-refractivity contribution in [1.82, 2.24) is 4.58 Å². The molecule has 7 aromatic carbocycles. The molecule has 1 fully saturated rings. The van der Waals surface area contributed by atoms with Gasteiger partial charge < -0.3 is 19.3 Å². The number of hydrogen-bond acceptors (Lipinski definition) is 7. The van der Waals surface area contributed by atoms with Crippen molar-refractivity contribution in [3.05, 3.63) is 261 Å². The number of nitrogens with zero attached hydrogens (tertiary/aromatic N) is 4. The van der Waals surface area contributed by atoms with E-state index in [2.05, 4.69) is 189 Å². The third-order valence-electron chi connectivity index (χ3n) is 20.5. The molecule has 3 aliphatic rings. The van der Waals surface area contributed by atoms with Crippen LogP contribution in [0.4, 0.5) is 35.7 Å². The van der Waals surface area contributed by atoms with Crippen LogP contribution in [0.3, 0.4) is 0 Å². The molecule has 15 heteroatoms. The van der Waals surface area contributed by atoms with Crippen LogP contribution in [0.15, 0.2) is 244 Å². The van der Waals surface area contributed by atoms with Gasteiger partial charge in [0, 0.05) is 107 Å². The standard InChI is InChI=1S/C65H86Cl2N3.C27H27NO3S.BF3.FH/c1-7-9-11-13-15-17-19-21-23-31-47-68-59-43-41-53(66)49-57(59)64(3,4)61(68)45-39-51-37-38-52(63(51)70(55-33-27-25-28-34-55)56-35-29-26-30-36-56)40-46-62-65(5,6)58-50-54(67)42-44-60(58)69(62)48-32-24-22-20-18-16-14-12-10-8-2;1-2-3-4-11-16-25(28-31-27(30)22-12-7-5-8-13-22)26(29)21-17-19-24(20-18-21)32-23-14-9-6-10-15-23;2-1(3)4;/h25-30,33-36,39-46,49-50H,7-24,31-32,37-38,47-48H2,1-6H3;5-10,12-15,17-20H,2-4,11,16H2,1H3;;1H/q+1;;;/p-1/b;28-25+;;. The number of ketones is 1. The van der Waals surface area contributed by atoms with Crippen molar-refractivity contribution in [2.75, 3.05) is 22.9 Å². The number of rotatable bonds is 37. The molecule has 0 aromatic heterocycles. The molecule has 7 aromatic rings. The highest BCUT2D eigenvalue weighted by molar-refractivity contribution is 7.99. The van der Waals surface area contributed by atoms with E-state index in [1.807, 2.05) is 48.5 Å². The number of allylic oxidation sites excluding steroid dienone is 8. The predicted octanol–water partition coefficient (Wildman–Crippen LogP) is 25.2. The molecular formula is C92H113BCl2F4N4O3S. The van der Waals surface area contributed by atoms with Crippen molar-refractivity contribution < 1.29 is 32.1 Å². The van der Waals surface area contributed by atoms with Gasteiger partial charge in [-0.3, -0.25) is 17.7 Å². The summed E-state index contributed by atoms with van der Waals surface area (Å²) in [4.78, 5) is 37.9. The number of oxime groups is 1. The summed E-state index contributed by atoms with van der Waals surface area (Å²) in [6.45, 7) is 18.3. The number of benzene rings is 7. The van der Waals surface area contributed by atoms with Gasteiger partial charge in [0.05, 0.1) is 5.56 Å². The maximum atomic E-state index is 13.1. The molecule has 0 atom stereocenters. The number of hydrogen-bond donors (Lipinski definition) is 0. The van der Waals surface area contributed by atoms with E-state index in [1.54, 1.807) is 48.2 Å². The van der Waals surface area contributed by atoms with Gasteiger partial charge in [-0.1, -0.05) is 308 Å². The van der Waals surface area contributed by atoms with Crippen LogP contribution in [0, 0.1) is 0 Å². The molecule has 0 radical (unpaired) electrons. The molecule has 0 saturated heterocycles. The summed E-state index contributed by atoms with van der Waals surface area (Å²) in [5.74, 6) is -0.780. The molecule has 10 rings (SSSR count). The predicted molar refractivity (Wildman–Crippen MR) is 447 cm³/mol. The summed E-state index contributed by atoms with van der Waals surface area (Å²) in [7, 11) is -3.67. The first-order valence-corrected chi connectivity index (χ1v) is 40.9. The van der Waals surface area contributed by atoms with Gasteiger partial charge in [-0.25, -0.2) is 4.79 Å². The number of carbonyl (C=O) groups excluding carboxylic acids is 2. The van der Waals surface area contributed by atoms with Crippen LogP contribution >= 0.6 is 35.0 Å². The van der Waals surface area contributed by atoms with Gasteiger partial charge in [0.2, 0.25) is 22.9 Å². The molecule has 107 heavy (non-hydrogen) atoms. The molecule has 2 aliphatic heterocycles. The first-order valence-electron chi connectivity index (χ1n) is 39.4. The van der Waals surface area contributed by atoms with Crippen LogP contribution in [-0.2, 0) is 15.7 Å². The quantitative estimate of drug-likeness (QED) is 0.00565. The van der Waals surface area contributed by atoms with Crippen LogP contribution in [-0.4, -0.2) is 43.8 Å². The largest absolute Gasteiger partial charge is 1.00 e. The fraction of sp³-hybridized carbons (Fsp3) is 0.413. The number of anilines is 2. The van der Waals surface area contributed by atoms with E-state index in [1.165, 1.54) is 191 Å². The summed E-state index contributed by atoms with van der Waals surface area (Å²) >= 11 is 15.1. The van der Waals surface area contributed by atoms with Crippen LogP contribution in [0.2, 0.25) is 10.0 Å². The number of fused-ring (bicyclic) bond motifs is 2. The van der Waals surface area contributed by atoms with Crippen molar-refractivity contribution in [1.29, 1.82) is 0 Å². The van der Waals surface area contributed by atoms with Gasteiger partial charge in [0.15, 0.2) is 0 Å². The van der Waals surface area contributed by atoms with Gasteiger partial charge >= 0.3 is 13.5 Å². The summed E-state index contributed by atoms with van der Waals surface area (Å²) in [5.41, 5.74) is 15.1. The smallest absolute Gasteiger partial charge is 0.762 e. The normalized spacial score (nSPS) is 15.6. The maximum Gasteiger partial charge on any atom is 0.762 e. The highest BCUT2D eigenvalue weighted by Gasteiger charge is 2.42. The zero-order valence-corrected chi connectivity index (χ0v) is 66.7. The first kappa shape index (κ1) is 86.5. The zero-order valence-electron chi connectivity index (χ0n) is 64.4. The van der Waals surface area contributed by atoms with E-state index in [4.69, 9.17) is 28.0 Å². The van der Waals surface area contributed by atoms with E-state index in [-0.39, 0.29) is 27.0 Å². The summed E-state index contributed by atoms with van der Waals surface area (Å²) in [6, 6.07) is 61.2. The topological polar surface area (TPSA) is 65.2 Å². The fourth-order valence-corrected chi connectivity index (χ4v) is 15.8. The number of Topliss-reactive ketones (excluding diaryl/α,β-unsaturated/α-hetero) is 1. The molecule has 2 heterocycles. The molecule has 0 unspecified atom stereocenters. The van der Waals surface area contributed by atoms with Gasteiger partial charge in [-0.15, -0.1) is 0 Å². The van der Waals surface area contributed by atoms with Crippen molar-refractivity contribution in [2.24, 2.45) is 5.16 Å². The van der Waals surface area contributed by atoms with Crippen LogP contribution in [0.25, 0.3) is 0 Å². The number of unbranched alkanes of at least 4 members (excludes halogenated alkanes) is 21. The highest BCUT2D eigenvalue weighted by atomic mass is 35.5. The Hall–Kier alpha value is -7.71. The maximum absolute atomic E-state index is 13.1. The zero-order chi connectivity index (χ0) is 75.5. The van der Waals surface area contributed by atoms with Gasteiger partial charge in [-0.05, 0) is 147 Å². The Morgan fingerprint density at radius 1 is 0.477 bits per heavy atom. The van der Waals surface area contributed by atoms with Crippen molar-refractivity contribution in [3.8, 4) is 0 Å². The average Bonchev–Trinajstić information content (AvgIpc) is 1.58. The van der Waals surface area contributed by atoms with Crippen molar-refractivity contribution in [3.63, 3.8) is 0 Å². The Kier molecular flexibility index (Phi) is 37.2. The molecule has 0 N–H and O–H groups in total. The summed E-state index contributed by atoms with van der Waals surface area (Å²) < 4.78 is 31.5. The van der Waals surface area contributed by atoms with E-state index in [0.29, 0.717) is 17.5 Å². The average molecular weight is 1510 g/mol. The highest BCUT2D eigenvalue weighted by Crippen LogP contribution is 2.51. The Morgan fingerprint density at radius 3 is 1.25 bits per heavy atom. The molecule has 1 saturated carbocycles. The third-order valence-corrected chi connectivity index (χ3v) is 21.9. The lowest BCUT2D eigenvalue weighted by atomic mass is 9.83. The summed E-state index contributed by atoms with van der Waals surface area (Å²) in [5, 5.41) is 5.59. The Labute approximate surface area is 652 Å². The SMILES string of the molecule is CCCCCC/C(=N\OC(=O)c1ccccc1)C(=O)c1ccc(Sc2ccccc2)cc1.CCCCCCCCCCCCN1C(=CC=C2CC/C(=C\C=C3\N(CCCCCCCCCCCC)c4ccc(Cl)cc4C3(C)C)C2=[N+](c2ccccc2)c2ccccc2)C(C)(C)c2cc(Cl)ccc21.FB(F)F.[F-]. The van der Waals surface area contributed by atoms with Crippen molar-refractivity contribution in [2.45, 2.75) is 242 Å². The third kappa shape index (κ3) is 26.3. The molecule has 0 spiro atoms. The van der Waals surface area contributed by atoms with E-state index >= 15 is 0 Å². The minimum Gasteiger partial charge on any atom is -1.00 e. The minimum absolute atomic E-state index is 0. The number of halogens is 6. The number of carbonyl (C=O) groups is 2. The lowest BCUT2D eigenvalue weighted by Gasteiger charge is -2.27. The van der Waals surface area contributed by atoms with Crippen LogP contribution < -0.4 is 19.1 Å². The van der Waals surface area contributed by atoms with Gasteiger partial charge in [0.25, 0.3) is 0 Å². The monoisotopic (exact) mass is 1510 g/mol. The second-order valence-electron chi connectivity index (χ2n) is 29.2. The van der Waals surface area contributed by atoms with E-state index in [0.717, 1.165) is 71.5 Å². The minimum atomic E-state index is -3.67. The fourth-order valence-electron chi connectivity index (χ4n) is 14.6.